The van der Waals surface area contributed by atoms with E-state index in [0.717, 1.165) is 17.7 Å². The van der Waals surface area contributed by atoms with Crippen LogP contribution in [0.25, 0.3) is 0 Å². The summed E-state index contributed by atoms with van der Waals surface area (Å²) in [4.78, 5) is 12.0. The lowest BCUT2D eigenvalue weighted by molar-refractivity contribution is -0.125. The van der Waals surface area contributed by atoms with Crippen molar-refractivity contribution in [2.24, 2.45) is 11.7 Å². The lowest BCUT2D eigenvalue weighted by Crippen LogP contribution is -2.43. The number of hydrogen-bond donors (Lipinski definition) is 2. The number of nitrogens with two attached hydrogens (primary N) is 1. The van der Waals surface area contributed by atoms with E-state index >= 15 is 0 Å². The fourth-order valence-electron chi connectivity index (χ4n) is 2.35. The fraction of sp³-hybridized carbons (Fsp3) is 0.533. The molecule has 0 aliphatic carbocycles. The van der Waals surface area contributed by atoms with Crippen LogP contribution in [0.4, 0.5) is 0 Å². The highest BCUT2D eigenvalue weighted by Crippen LogP contribution is 2.39. The average Bonchev–Trinajstić information content (AvgIpc) is 2.36. The first-order valence-electron chi connectivity index (χ1n) is 6.71. The van der Waals surface area contributed by atoms with E-state index in [1.54, 1.807) is 0 Å². The van der Waals surface area contributed by atoms with Crippen molar-refractivity contribution < 1.29 is 9.53 Å². The first-order valence-corrected chi connectivity index (χ1v) is 6.71. The maximum Gasteiger partial charge on any atom is 0.224 e. The van der Waals surface area contributed by atoms with E-state index in [0.29, 0.717) is 6.54 Å². The zero-order chi connectivity index (χ0) is 14.0. The van der Waals surface area contributed by atoms with E-state index in [2.05, 4.69) is 5.32 Å². The number of ether oxygens (including phenoxy) is 1. The summed E-state index contributed by atoms with van der Waals surface area (Å²) >= 11 is 0. The second kappa shape index (κ2) is 5.21. The second-order valence-electron chi connectivity index (χ2n) is 5.80. The van der Waals surface area contributed by atoms with Crippen LogP contribution < -0.4 is 15.8 Å². The van der Waals surface area contributed by atoms with Gasteiger partial charge in [-0.3, -0.25) is 4.79 Å². The molecular weight excluding hydrogens is 240 g/mol. The third kappa shape index (κ3) is 3.07. The largest absolute Gasteiger partial charge is 0.487 e. The first-order chi connectivity index (χ1) is 8.93. The molecular formula is C15H22N2O2. The van der Waals surface area contributed by atoms with Crippen LogP contribution in [0.5, 0.6) is 5.75 Å². The molecule has 19 heavy (non-hydrogen) atoms. The number of amides is 1. The van der Waals surface area contributed by atoms with E-state index < -0.39 is 0 Å². The number of fused-ring (bicyclic) bond motifs is 1. The molecule has 0 saturated heterocycles. The van der Waals surface area contributed by atoms with Crippen molar-refractivity contribution in [1.82, 2.24) is 5.32 Å². The van der Waals surface area contributed by atoms with Crippen molar-refractivity contribution in [2.75, 3.05) is 6.54 Å². The van der Waals surface area contributed by atoms with Crippen molar-refractivity contribution in [3.63, 3.8) is 0 Å². The van der Waals surface area contributed by atoms with Crippen molar-refractivity contribution in [3.05, 3.63) is 29.8 Å². The van der Waals surface area contributed by atoms with Gasteiger partial charge in [-0.25, -0.2) is 0 Å². The van der Waals surface area contributed by atoms with Crippen molar-refractivity contribution in [1.29, 1.82) is 0 Å². The van der Waals surface area contributed by atoms with Crippen LogP contribution in [0, 0.1) is 5.92 Å². The van der Waals surface area contributed by atoms with Gasteiger partial charge >= 0.3 is 0 Å². The Bertz CT molecular complexity index is 471. The Morgan fingerprint density at radius 2 is 2.21 bits per heavy atom. The van der Waals surface area contributed by atoms with Gasteiger partial charge in [0.2, 0.25) is 5.91 Å². The van der Waals surface area contributed by atoms with Gasteiger partial charge in [-0.15, -0.1) is 0 Å². The summed E-state index contributed by atoms with van der Waals surface area (Å²) in [5, 5.41) is 3.08. The maximum absolute atomic E-state index is 12.0. The number of rotatable bonds is 3. The van der Waals surface area contributed by atoms with Gasteiger partial charge in [-0.05, 0) is 19.9 Å². The predicted molar refractivity (Wildman–Crippen MR) is 74.9 cm³/mol. The highest BCUT2D eigenvalue weighted by atomic mass is 16.5. The van der Waals surface area contributed by atoms with Gasteiger partial charge in [0.1, 0.15) is 11.4 Å². The molecule has 0 radical (unpaired) electrons. The Morgan fingerprint density at radius 3 is 2.89 bits per heavy atom. The molecule has 1 aliphatic rings. The van der Waals surface area contributed by atoms with E-state index in [-0.39, 0.29) is 23.5 Å². The zero-order valence-electron chi connectivity index (χ0n) is 11.8. The first kappa shape index (κ1) is 13.9. The molecule has 1 aliphatic heterocycles. The van der Waals surface area contributed by atoms with Gasteiger partial charge in [0.15, 0.2) is 0 Å². The molecule has 4 heteroatoms. The Morgan fingerprint density at radius 1 is 1.53 bits per heavy atom. The molecule has 0 aromatic heterocycles. The molecule has 2 rings (SSSR count). The summed E-state index contributed by atoms with van der Waals surface area (Å²) in [5.74, 6) is 0.683. The molecule has 0 saturated carbocycles. The number of benzene rings is 1. The molecule has 2 unspecified atom stereocenters. The number of hydrogen-bond acceptors (Lipinski definition) is 3. The Balaban J connectivity index is 2.23. The van der Waals surface area contributed by atoms with Crippen LogP contribution in [0.3, 0.4) is 0 Å². The lowest BCUT2D eigenvalue weighted by Gasteiger charge is -2.38. The molecule has 1 heterocycles. The van der Waals surface area contributed by atoms with Crippen LogP contribution in [0.1, 0.15) is 38.8 Å². The Labute approximate surface area is 114 Å². The smallest absolute Gasteiger partial charge is 0.224 e. The predicted octanol–water partition coefficient (Wildman–Crippen LogP) is 2.00. The van der Waals surface area contributed by atoms with Crippen LogP contribution in [0.15, 0.2) is 24.3 Å². The van der Waals surface area contributed by atoms with Crippen LogP contribution in [-0.4, -0.2) is 18.1 Å². The van der Waals surface area contributed by atoms with Crippen LogP contribution in [-0.2, 0) is 4.79 Å². The normalized spacial score (nSPS) is 22.0. The third-order valence-electron chi connectivity index (χ3n) is 3.49. The van der Waals surface area contributed by atoms with Crippen LogP contribution >= 0.6 is 0 Å². The fourth-order valence-corrected chi connectivity index (χ4v) is 2.35. The van der Waals surface area contributed by atoms with Crippen molar-refractivity contribution >= 4 is 5.91 Å². The molecule has 2 atom stereocenters. The highest BCUT2D eigenvalue weighted by Gasteiger charge is 2.34. The van der Waals surface area contributed by atoms with E-state index in [1.165, 1.54) is 0 Å². The Hall–Kier alpha value is -1.55. The monoisotopic (exact) mass is 262 g/mol. The SMILES string of the molecule is CC(CN)C(=O)NC1CC(C)(C)Oc2ccccc21. The number of carbonyl (C=O) groups excluding carboxylic acids is 1. The van der Waals surface area contributed by atoms with Gasteiger partial charge in [0, 0.05) is 24.4 Å². The lowest BCUT2D eigenvalue weighted by atomic mass is 9.89. The molecule has 3 N–H and O–H groups in total. The number of para-hydroxylation sites is 1. The summed E-state index contributed by atoms with van der Waals surface area (Å²) in [7, 11) is 0. The van der Waals surface area contributed by atoms with E-state index in [1.807, 2.05) is 45.0 Å². The van der Waals surface area contributed by atoms with Gasteiger partial charge in [-0.1, -0.05) is 25.1 Å². The second-order valence-corrected chi connectivity index (χ2v) is 5.80. The minimum absolute atomic E-state index is 0.00000283. The zero-order valence-corrected chi connectivity index (χ0v) is 11.8. The molecule has 104 valence electrons. The molecule has 4 nitrogen and oxygen atoms in total. The van der Waals surface area contributed by atoms with Gasteiger partial charge in [-0.2, -0.15) is 0 Å². The van der Waals surface area contributed by atoms with Gasteiger partial charge < -0.3 is 15.8 Å². The third-order valence-corrected chi connectivity index (χ3v) is 3.49. The highest BCUT2D eigenvalue weighted by molar-refractivity contribution is 5.79. The quantitative estimate of drug-likeness (QED) is 0.875. The van der Waals surface area contributed by atoms with E-state index in [9.17, 15) is 4.79 Å². The molecule has 1 aromatic carbocycles. The van der Waals surface area contributed by atoms with Gasteiger partial charge in [0.05, 0.1) is 6.04 Å². The van der Waals surface area contributed by atoms with Crippen molar-refractivity contribution in [2.45, 2.75) is 38.8 Å². The standard InChI is InChI=1S/C15H22N2O2/c1-10(9-16)14(18)17-12-8-15(2,3)19-13-7-5-4-6-11(12)13/h4-7,10,12H,8-9,16H2,1-3H3,(H,17,18). The molecule has 1 amide bonds. The summed E-state index contributed by atoms with van der Waals surface area (Å²) in [6.07, 6.45) is 0.757. The minimum Gasteiger partial charge on any atom is -0.487 e. The average molecular weight is 262 g/mol. The summed E-state index contributed by atoms with van der Waals surface area (Å²) < 4.78 is 5.94. The minimum atomic E-state index is -0.280. The van der Waals surface area contributed by atoms with Crippen LogP contribution in [0.2, 0.25) is 0 Å². The molecule has 0 spiro atoms. The van der Waals surface area contributed by atoms with Crippen molar-refractivity contribution in [3.8, 4) is 5.75 Å². The molecule has 0 fully saturated rings. The Kier molecular flexibility index (Phi) is 3.80. The summed E-state index contributed by atoms with van der Waals surface area (Å²) in [6, 6.07) is 7.85. The summed E-state index contributed by atoms with van der Waals surface area (Å²) in [6.45, 7) is 6.27. The number of nitrogens with one attached hydrogen (secondary N) is 1. The van der Waals surface area contributed by atoms with E-state index in [4.69, 9.17) is 10.5 Å². The molecule has 0 bridgehead atoms. The maximum atomic E-state index is 12.0. The molecule has 1 aromatic rings. The summed E-state index contributed by atoms with van der Waals surface area (Å²) in [5.41, 5.74) is 6.30. The topological polar surface area (TPSA) is 64.4 Å². The number of carbonyl (C=O) groups is 1. The van der Waals surface area contributed by atoms with Gasteiger partial charge in [0.25, 0.3) is 0 Å².